The number of thiophene rings is 1. The molecule has 0 fully saturated rings. The molecule has 3 nitrogen and oxygen atoms in total. The third-order valence-corrected chi connectivity index (χ3v) is 5.32. The van der Waals surface area contributed by atoms with Crippen molar-refractivity contribution in [1.82, 2.24) is 0 Å². The first-order valence-corrected chi connectivity index (χ1v) is 10.3. The quantitative estimate of drug-likeness (QED) is 0.319. The molecule has 0 unspecified atom stereocenters. The van der Waals surface area contributed by atoms with E-state index in [2.05, 4.69) is 0 Å². The van der Waals surface area contributed by atoms with Gasteiger partial charge in [0.05, 0.1) is 5.56 Å². The molecule has 1 heterocycles. The van der Waals surface area contributed by atoms with Crippen molar-refractivity contribution in [3.8, 4) is 21.9 Å². The third kappa shape index (κ3) is 4.67. The molecule has 5 heteroatoms. The van der Waals surface area contributed by atoms with Crippen LogP contribution in [-0.4, -0.2) is 5.97 Å². The Balaban J connectivity index is 1.61. The van der Waals surface area contributed by atoms with E-state index >= 15 is 0 Å². The van der Waals surface area contributed by atoms with E-state index in [0.717, 1.165) is 16.7 Å². The van der Waals surface area contributed by atoms with Crippen molar-refractivity contribution < 1.29 is 14.3 Å². The summed E-state index contributed by atoms with van der Waals surface area (Å²) in [4.78, 5) is 12.5. The third-order valence-electron chi connectivity index (χ3n) is 4.29. The maximum absolute atomic E-state index is 12.5. The van der Waals surface area contributed by atoms with Crippen LogP contribution < -0.4 is 9.47 Å². The Morgan fingerprint density at radius 1 is 0.862 bits per heavy atom. The molecule has 0 amide bonds. The molecular formula is C24H17ClO3S. The van der Waals surface area contributed by atoms with Crippen molar-refractivity contribution in [2.75, 3.05) is 0 Å². The van der Waals surface area contributed by atoms with Gasteiger partial charge in [-0.2, -0.15) is 0 Å². The molecule has 0 saturated carbocycles. The molecule has 0 atom stereocenters. The van der Waals surface area contributed by atoms with Crippen molar-refractivity contribution in [3.63, 3.8) is 0 Å². The molecule has 29 heavy (non-hydrogen) atoms. The molecule has 144 valence electrons. The van der Waals surface area contributed by atoms with Gasteiger partial charge in [-0.15, -0.1) is 11.3 Å². The standard InChI is InChI=1S/C24H17ClO3S/c25-19-11-12-22(27-16-17-7-3-1-4-8-17)21(15-19)20-13-14-29-24(20)28-23(26)18-9-5-2-6-10-18/h1-15H,16H2. The number of carbonyl (C=O) groups excluding carboxylic acids is 1. The van der Waals surface area contributed by atoms with E-state index in [0.29, 0.717) is 28.0 Å². The summed E-state index contributed by atoms with van der Waals surface area (Å²) in [6, 6.07) is 26.2. The number of hydrogen-bond donors (Lipinski definition) is 0. The van der Waals surface area contributed by atoms with Gasteiger partial charge < -0.3 is 9.47 Å². The fourth-order valence-corrected chi connectivity index (χ4v) is 3.79. The lowest BCUT2D eigenvalue weighted by Crippen LogP contribution is -2.07. The van der Waals surface area contributed by atoms with E-state index in [1.807, 2.05) is 60.0 Å². The largest absolute Gasteiger partial charge is 0.488 e. The molecule has 0 N–H and O–H groups in total. The highest BCUT2D eigenvalue weighted by Gasteiger charge is 2.17. The highest BCUT2D eigenvalue weighted by molar-refractivity contribution is 7.12. The van der Waals surface area contributed by atoms with E-state index in [-0.39, 0.29) is 0 Å². The Morgan fingerprint density at radius 3 is 2.34 bits per heavy atom. The SMILES string of the molecule is O=C(Oc1sccc1-c1cc(Cl)ccc1OCc1ccccc1)c1ccccc1. The summed E-state index contributed by atoms with van der Waals surface area (Å²) in [5, 5.41) is 2.97. The zero-order valence-corrected chi connectivity index (χ0v) is 17.0. The lowest BCUT2D eigenvalue weighted by atomic mass is 10.1. The molecule has 0 spiro atoms. The van der Waals surface area contributed by atoms with Crippen molar-refractivity contribution >= 4 is 28.9 Å². The number of hydrogen-bond acceptors (Lipinski definition) is 4. The van der Waals surface area contributed by atoms with E-state index in [1.54, 1.807) is 30.3 Å². The predicted molar refractivity (Wildman–Crippen MR) is 117 cm³/mol. The second kappa shape index (κ2) is 8.95. The summed E-state index contributed by atoms with van der Waals surface area (Å²) in [7, 11) is 0. The molecule has 0 aliphatic carbocycles. The molecule has 4 aromatic rings. The van der Waals surface area contributed by atoms with Gasteiger partial charge in [-0.05, 0) is 47.3 Å². The summed E-state index contributed by atoms with van der Waals surface area (Å²) < 4.78 is 11.7. The summed E-state index contributed by atoms with van der Waals surface area (Å²) in [6.07, 6.45) is 0. The number of halogens is 1. The summed E-state index contributed by atoms with van der Waals surface area (Å²) in [5.74, 6) is 0.275. The normalized spacial score (nSPS) is 10.5. The molecular weight excluding hydrogens is 404 g/mol. The number of benzene rings is 3. The minimum atomic E-state index is -0.400. The Morgan fingerprint density at radius 2 is 1.59 bits per heavy atom. The molecule has 0 bridgehead atoms. The lowest BCUT2D eigenvalue weighted by Gasteiger charge is -2.13. The fraction of sp³-hybridized carbons (Fsp3) is 0.0417. The summed E-state index contributed by atoms with van der Waals surface area (Å²) in [5.41, 5.74) is 3.11. The van der Waals surface area contributed by atoms with Gasteiger partial charge in [0, 0.05) is 16.1 Å². The van der Waals surface area contributed by atoms with Gasteiger partial charge in [0.2, 0.25) is 0 Å². The Kier molecular flexibility index (Phi) is 5.94. The van der Waals surface area contributed by atoms with Crippen LogP contribution in [0.15, 0.2) is 90.3 Å². The smallest absolute Gasteiger partial charge is 0.344 e. The van der Waals surface area contributed by atoms with Crippen LogP contribution in [0.25, 0.3) is 11.1 Å². The van der Waals surface area contributed by atoms with Crippen molar-refractivity contribution in [2.45, 2.75) is 6.61 Å². The zero-order valence-electron chi connectivity index (χ0n) is 15.4. The summed E-state index contributed by atoms with van der Waals surface area (Å²) in [6.45, 7) is 0.429. The van der Waals surface area contributed by atoms with Crippen LogP contribution in [0.2, 0.25) is 5.02 Å². The highest BCUT2D eigenvalue weighted by Crippen LogP contribution is 2.41. The first kappa shape index (κ1) is 19.2. The van der Waals surface area contributed by atoms with Gasteiger partial charge in [-0.1, -0.05) is 60.1 Å². The molecule has 0 saturated heterocycles. The lowest BCUT2D eigenvalue weighted by molar-refractivity contribution is 0.0741. The first-order valence-electron chi connectivity index (χ1n) is 9.02. The van der Waals surface area contributed by atoms with Crippen LogP contribution in [0.5, 0.6) is 10.8 Å². The van der Waals surface area contributed by atoms with Crippen LogP contribution in [0.1, 0.15) is 15.9 Å². The second-order valence-corrected chi connectivity index (χ2v) is 7.61. The first-order chi connectivity index (χ1) is 14.2. The van der Waals surface area contributed by atoms with Crippen LogP contribution in [0.3, 0.4) is 0 Å². The van der Waals surface area contributed by atoms with E-state index in [9.17, 15) is 4.79 Å². The second-order valence-electron chi connectivity index (χ2n) is 6.29. The van der Waals surface area contributed by atoms with Crippen LogP contribution in [0.4, 0.5) is 0 Å². The van der Waals surface area contributed by atoms with E-state index < -0.39 is 5.97 Å². The van der Waals surface area contributed by atoms with E-state index in [4.69, 9.17) is 21.1 Å². The minimum Gasteiger partial charge on any atom is -0.488 e. The fourth-order valence-electron chi connectivity index (χ4n) is 2.87. The van der Waals surface area contributed by atoms with Crippen LogP contribution in [0, 0.1) is 0 Å². The number of rotatable bonds is 6. The number of carbonyl (C=O) groups is 1. The van der Waals surface area contributed by atoms with E-state index in [1.165, 1.54) is 11.3 Å². The Bertz CT molecular complexity index is 1110. The summed E-state index contributed by atoms with van der Waals surface area (Å²) >= 11 is 7.60. The maximum atomic E-state index is 12.5. The van der Waals surface area contributed by atoms with Crippen LogP contribution in [-0.2, 0) is 6.61 Å². The average molecular weight is 421 g/mol. The van der Waals surface area contributed by atoms with Gasteiger partial charge in [0.25, 0.3) is 0 Å². The molecule has 0 radical (unpaired) electrons. The maximum Gasteiger partial charge on any atom is 0.344 e. The van der Waals surface area contributed by atoms with Gasteiger partial charge in [-0.25, -0.2) is 4.79 Å². The van der Waals surface area contributed by atoms with Gasteiger partial charge in [0.1, 0.15) is 12.4 Å². The molecule has 1 aromatic heterocycles. The number of esters is 1. The highest BCUT2D eigenvalue weighted by atomic mass is 35.5. The molecule has 0 aliphatic heterocycles. The van der Waals surface area contributed by atoms with Gasteiger partial charge >= 0.3 is 5.97 Å². The molecule has 4 rings (SSSR count). The van der Waals surface area contributed by atoms with Gasteiger partial charge in [0.15, 0.2) is 5.06 Å². The average Bonchev–Trinajstić information content (AvgIpc) is 3.22. The van der Waals surface area contributed by atoms with Crippen molar-refractivity contribution in [3.05, 3.63) is 106 Å². The molecule has 0 aliphatic rings. The van der Waals surface area contributed by atoms with Crippen LogP contribution >= 0.6 is 22.9 Å². The van der Waals surface area contributed by atoms with Crippen molar-refractivity contribution in [2.24, 2.45) is 0 Å². The predicted octanol–water partition coefficient (Wildman–Crippen LogP) is 6.87. The zero-order chi connectivity index (χ0) is 20.1. The Hall–Kier alpha value is -3.08. The molecule has 3 aromatic carbocycles. The Labute approximate surface area is 178 Å². The van der Waals surface area contributed by atoms with Gasteiger partial charge in [-0.3, -0.25) is 0 Å². The number of ether oxygens (including phenoxy) is 2. The minimum absolute atomic E-state index is 0.400. The topological polar surface area (TPSA) is 35.5 Å². The monoisotopic (exact) mass is 420 g/mol. The van der Waals surface area contributed by atoms with Crippen molar-refractivity contribution in [1.29, 1.82) is 0 Å².